The predicted molar refractivity (Wildman–Crippen MR) is 77.8 cm³/mol. The van der Waals surface area contributed by atoms with Crippen LogP contribution in [0, 0.1) is 12.7 Å². The van der Waals surface area contributed by atoms with E-state index in [9.17, 15) is 9.50 Å². The Morgan fingerprint density at radius 2 is 1.95 bits per heavy atom. The Bertz CT molecular complexity index is 783. The third-order valence-electron chi connectivity index (χ3n) is 3.48. The third-order valence-corrected chi connectivity index (χ3v) is 3.48. The van der Waals surface area contributed by atoms with Crippen LogP contribution in [-0.4, -0.2) is 10.1 Å². The van der Waals surface area contributed by atoms with Crippen LogP contribution < -0.4 is 0 Å². The van der Waals surface area contributed by atoms with Gasteiger partial charge in [-0.3, -0.25) is 4.98 Å². The van der Waals surface area contributed by atoms with Crippen LogP contribution in [0.5, 0.6) is 0 Å². The molecule has 0 radical (unpaired) electrons. The fourth-order valence-electron chi connectivity index (χ4n) is 2.46. The quantitative estimate of drug-likeness (QED) is 0.765. The molecule has 3 heteroatoms. The molecule has 0 spiro atoms. The molecule has 1 heterocycles. The van der Waals surface area contributed by atoms with Gasteiger partial charge in [0.1, 0.15) is 5.82 Å². The van der Waals surface area contributed by atoms with Gasteiger partial charge in [0.2, 0.25) is 0 Å². The highest BCUT2D eigenvalue weighted by atomic mass is 19.1. The summed E-state index contributed by atoms with van der Waals surface area (Å²) in [6.07, 6.45) is 3.51. The number of hydrogen-bond acceptors (Lipinski definition) is 2. The number of aliphatic hydroxyl groups excluding tert-OH is 1. The van der Waals surface area contributed by atoms with Crippen LogP contribution in [0.15, 0.2) is 48.8 Å². The summed E-state index contributed by atoms with van der Waals surface area (Å²) in [6.45, 7) is 1.69. The summed E-state index contributed by atoms with van der Waals surface area (Å²) >= 11 is 0. The standard InChI is InChI=1S/C17H14FNO/c1-11-5-6-12-8-19-9-15(14(12)7-11)13-3-2-4-17(18)16(13)10-20/h2-9,20H,10H2,1H3. The van der Waals surface area contributed by atoms with Gasteiger partial charge in [-0.05, 0) is 23.9 Å². The lowest BCUT2D eigenvalue weighted by molar-refractivity contribution is 0.276. The molecule has 0 aliphatic heterocycles. The van der Waals surface area contributed by atoms with Crippen molar-refractivity contribution in [3.05, 3.63) is 65.7 Å². The molecule has 1 N–H and O–H groups in total. The van der Waals surface area contributed by atoms with Gasteiger partial charge in [0, 0.05) is 28.9 Å². The predicted octanol–water partition coefficient (Wildman–Crippen LogP) is 3.84. The maximum absolute atomic E-state index is 13.8. The summed E-state index contributed by atoms with van der Waals surface area (Å²) in [5.74, 6) is -0.394. The molecule has 0 aliphatic rings. The summed E-state index contributed by atoms with van der Waals surface area (Å²) in [7, 11) is 0. The molecule has 2 aromatic carbocycles. The van der Waals surface area contributed by atoms with Crippen molar-refractivity contribution in [2.24, 2.45) is 0 Å². The lowest BCUT2D eigenvalue weighted by Gasteiger charge is -2.11. The van der Waals surface area contributed by atoms with Crippen molar-refractivity contribution in [3.63, 3.8) is 0 Å². The minimum absolute atomic E-state index is 0.309. The summed E-state index contributed by atoms with van der Waals surface area (Å²) in [6, 6.07) is 10.9. The Kier molecular flexibility index (Phi) is 3.20. The van der Waals surface area contributed by atoms with Crippen LogP contribution in [0.3, 0.4) is 0 Å². The second-order valence-electron chi connectivity index (χ2n) is 4.84. The van der Waals surface area contributed by atoms with Crippen LogP contribution in [0.25, 0.3) is 21.9 Å². The average molecular weight is 267 g/mol. The SMILES string of the molecule is Cc1ccc2cncc(-c3cccc(F)c3CO)c2c1. The molecule has 3 rings (SSSR count). The van der Waals surface area contributed by atoms with Crippen LogP contribution in [-0.2, 0) is 6.61 Å². The molecule has 100 valence electrons. The van der Waals surface area contributed by atoms with E-state index in [0.29, 0.717) is 11.1 Å². The number of pyridine rings is 1. The van der Waals surface area contributed by atoms with E-state index >= 15 is 0 Å². The van der Waals surface area contributed by atoms with Gasteiger partial charge in [0.15, 0.2) is 0 Å². The fraction of sp³-hybridized carbons (Fsp3) is 0.118. The second kappa shape index (κ2) is 5.02. The average Bonchev–Trinajstić information content (AvgIpc) is 2.46. The molecule has 1 aromatic heterocycles. The van der Waals surface area contributed by atoms with Crippen molar-refractivity contribution in [3.8, 4) is 11.1 Å². The molecule has 0 unspecified atom stereocenters. The Morgan fingerprint density at radius 3 is 2.75 bits per heavy atom. The maximum atomic E-state index is 13.8. The van der Waals surface area contributed by atoms with Gasteiger partial charge in [-0.25, -0.2) is 4.39 Å². The van der Waals surface area contributed by atoms with Gasteiger partial charge in [0.05, 0.1) is 6.61 Å². The number of halogens is 1. The number of aliphatic hydroxyl groups is 1. The van der Waals surface area contributed by atoms with Gasteiger partial charge in [0.25, 0.3) is 0 Å². The minimum Gasteiger partial charge on any atom is -0.392 e. The fourth-order valence-corrected chi connectivity index (χ4v) is 2.46. The van der Waals surface area contributed by atoms with Crippen molar-refractivity contribution in [2.75, 3.05) is 0 Å². The van der Waals surface area contributed by atoms with E-state index in [0.717, 1.165) is 21.9 Å². The Labute approximate surface area is 116 Å². The zero-order chi connectivity index (χ0) is 14.1. The van der Waals surface area contributed by atoms with Crippen molar-refractivity contribution in [1.82, 2.24) is 4.98 Å². The summed E-state index contributed by atoms with van der Waals surface area (Å²) < 4.78 is 13.8. The van der Waals surface area contributed by atoms with E-state index < -0.39 is 5.82 Å². The monoisotopic (exact) mass is 267 g/mol. The van der Waals surface area contributed by atoms with E-state index in [1.54, 1.807) is 18.5 Å². The summed E-state index contributed by atoms with van der Waals surface area (Å²) in [5, 5.41) is 11.4. The first-order chi connectivity index (χ1) is 9.70. The molecular weight excluding hydrogens is 253 g/mol. The van der Waals surface area contributed by atoms with E-state index in [1.807, 2.05) is 25.1 Å². The highest BCUT2D eigenvalue weighted by Gasteiger charge is 2.12. The van der Waals surface area contributed by atoms with Gasteiger partial charge in [-0.1, -0.05) is 35.9 Å². The lowest BCUT2D eigenvalue weighted by Crippen LogP contribution is -1.95. The van der Waals surface area contributed by atoms with Crippen molar-refractivity contribution in [1.29, 1.82) is 0 Å². The van der Waals surface area contributed by atoms with E-state index in [1.165, 1.54) is 6.07 Å². The maximum Gasteiger partial charge on any atom is 0.129 e. The van der Waals surface area contributed by atoms with E-state index in [-0.39, 0.29) is 6.61 Å². The highest BCUT2D eigenvalue weighted by Crippen LogP contribution is 2.31. The molecule has 2 nitrogen and oxygen atoms in total. The van der Waals surface area contributed by atoms with Crippen LogP contribution >= 0.6 is 0 Å². The lowest BCUT2D eigenvalue weighted by atomic mass is 9.96. The van der Waals surface area contributed by atoms with Gasteiger partial charge >= 0.3 is 0 Å². The topological polar surface area (TPSA) is 33.1 Å². The first-order valence-electron chi connectivity index (χ1n) is 6.43. The van der Waals surface area contributed by atoms with Crippen LogP contribution in [0.1, 0.15) is 11.1 Å². The molecule has 20 heavy (non-hydrogen) atoms. The Hall–Kier alpha value is -2.26. The van der Waals surface area contributed by atoms with Crippen molar-refractivity contribution >= 4 is 10.8 Å². The number of hydrogen-bond donors (Lipinski definition) is 1. The molecule has 0 saturated carbocycles. The molecule has 0 amide bonds. The number of aryl methyl sites for hydroxylation is 1. The molecule has 3 aromatic rings. The van der Waals surface area contributed by atoms with Gasteiger partial charge in [-0.2, -0.15) is 0 Å². The molecule has 0 saturated heterocycles. The summed E-state index contributed by atoms with van der Waals surface area (Å²) in [5.41, 5.74) is 2.97. The molecule has 0 aliphatic carbocycles. The van der Waals surface area contributed by atoms with E-state index in [4.69, 9.17) is 0 Å². The number of benzene rings is 2. The Balaban J connectivity index is 2.35. The zero-order valence-electron chi connectivity index (χ0n) is 11.1. The first kappa shape index (κ1) is 12.8. The Morgan fingerprint density at radius 1 is 1.10 bits per heavy atom. The largest absolute Gasteiger partial charge is 0.392 e. The van der Waals surface area contributed by atoms with Gasteiger partial charge in [-0.15, -0.1) is 0 Å². The number of aromatic nitrogens is 1. The number of fused-ring (bicyclic) bond motifs is 1. The van der Waals surface area contributed by atoms with Crippen LogP contribution in [0.4, 0.5) is 4.39 Å². The van der Waals surface area contributed by atoms with Crippen LogP contribution in [0.2, 0.25) is 0 Å². The molecule has 0 atom stereocenters. The van der Waals surface area contributed by atoms with Gasteiger partial charge < -0.3 is 5.11 Å². The third kappa shape index (κ3) is 2.06. The zero-order valence-corrected chi connectivity index (χ0v) is 11.1. The normalized spacial score (nSPS) is 10.9. The smallest absolute Gasteiger partial charge is 0.129 e. The number of nitrogens with zero attached hydrogens (tertiary/aromatic N) is 1. The van der Waals surface area contributed by atoms with Crippen molar-refractivity contribution < 1.29 is 9.50 Å². The first-order valence-corrected chi connectivity index (χ1v) is 6.43. The number of rotatable bonds is 2. The minimum atomic E-state index is -0.394. The summed E-state index contributed by atoms with van der Waals surface area (Å²) in [4.78, 5) is 4.22. The molecule has 0 bridgehead atoms. The van der Waals surface area contributed by atoms with E-state index in [2.05, 4.69) is 11.1 Å². The molecular formula is C17H14FNO. The second-order valence-corrected chi connectivity index (χ2v) is 4.84. The van der Waals surface area contributed by atoms with Crippen molar-refractivity contribution in [2.45, 2.75) is 13.5 Å². The molecule has 0 fully saturated rings. The highest BCUT2D eigenvalue weighted by molar-refractivity contribution is 5.96.